The van der Waals surface area contributed by atoms with Crippen LogP contribution in [0, 0.1) is 5.41 Å². The van der Waals surface area contributed by atoms with E-state index in [1.807, 2.05) is 42.5 Å². The van der Waals surface area contributed by atoms with Crippen molar-refractivity contribution in [2.75, 3.05) is 31.6 Å². The number of morpholine rings is 1. The minimum Gasteiger partial charge on any atom is -0.409 e. The lowest BCUT2D eigenvalue weighted by molar-refractivity contribution is -0.117. The summed E-state index contributed by atoms with van der Waals surface area (Å²) in [6.45, 7) is 1.67. The Morgan fingerprint density at radius 2 is 1.80 bits per heavy atom. The molecule has 41 heavy (non-hydrogen) atoms. The van der Waals surface area contributed by atoms with Crippen LogP contribution in [-0.4, -0.2) is 79.0 Å². The topological polar surface area (TPSA) is 164 Å². The molecular weight excluding hydrogens is 534 g/mol. The third-order valence-electron chi connectivity index (χ3n) is 6.77. The lowest BCUT2D eigenvalue weighted by Gasteiger charge is -2.32. The highest BCUT2D eigenvalue weighted by atomic mass is 19.3. The van der Waals surface area contributed by atoms with E-state index in [0.717, 1.165) is 5.56 Å². The minimum atomic E-state index is -2.75. The van der Waals surface area contributed by atoms with Gasteiger partial charge in [0.05, 0.1) is 36.2 Å². The Morgan fingerprint density at radius 3 is 2.51 bits per heavy atom. The highest BCUT2D eigenvalue weighted by Crippen LogP contribution is 2.39. The van der Waals surface area contributed by atoms with E-state index in [-0.39, 0.29) is 30.1 Å². The van der Waals surface area contributed by atoms with Crippen molar-refractivity contribution in [1.82, 2.24) is 4.90 Å². The molecule has 1 aliphatic carbocycles. The number of para-hydroxylation sites is 1. The molecule has 13 heteroatoms. The molecule has 0 spiro atoms. The summed E-state index contributed by atoms with van der Waals surface area (Å²) < 4.78 is 37.6. The van der Waals surface area contributed by atoms with Crippen molar-refractivity contribution in [2.45, 2.75) is 31.0 Å². The number of carbonyl (C=O) groups excluding carboxylic acids is 1. The molecule has 214 valence electrons. The molecule has 2 heterocycles. The molecule has 2 aliphatic heterocycles. The normalized spacial score (nSPS) is 21.7. The van der Waals surface area contributed by atoms with E-state index in [4.69, 9.17) is 26.4 Å². The van der Waals surface area contributed by atoms with E-state index in [1.54, 1.807) is 17.0 Å². The molecule has 0 bridgehead atoms. The lowest BCUT2D eigenvalue weighted by atomic mass is 9.89. The van der Waals surface area contributed by atoms with Crippen LogP contribution in [0.1, 0.15) is 24.0 Å². The molecule has 1 saturated carbocycles. The SMILES string of the molecule is N=C(C(C=NC1CC(F)(F)C1)=C(N)OC(N)=NC1N=C(c2ccccc2)c2ccccc2NC1=O)N1CCOCC1. The number of ether oxygens (including phenoxy) is 2. The quantitative estimate of drug-likeness (QED) is 0.239. The number of amidine groups is 2. The van der Waals surface area contributed by atoms with Crippen LogP contribution in [0.2, 0.25) is 0 Å². The summed E-state index contributed by atoms with van der Waals surface area (Å²) in [6.07, 6.45) is -0.820. The van der Waals surface area contributed by atoms with E-state index in [9.17, 15) is 13.6 Å². The molecule has 3 aliphatic rings. The van der Waals surface area contributed by atoms with Crippen LogP contribution in [-0.2, 0) is 14.3 Å². The number of anilines is 1. The molecule has 5 rings (SSSR count). The minimum absolute atomic E-state index is 0.0273. The van der Waals surface area contributed by atoms with Gasteiger partial charge in [0.2, 0.25) is 12.0 Å². The standard InChI is InChI=1S/C28H30F2N8O3/c29-28(30)14-18(15-28)34-16-20(23(31)38-10-12-40-13-11-38)24(32)41-27(33)37-25-26(39)35-21-9-5-4-8-19(21)22(36-25)17-6-2-1-3-7-17/h1-9,16,18,25,31H,10-15,32H2,(H2,33,37)(H,35,39). The van der Waals surface area contributed by atoms with Gasteiger partial charge in [-0.05, 0) is 6.07 Å². The maximum absolute atomic E-state index is 13.3. The number of halogens is 2. The largest absolute Gasteiger partial charge is 0.409 e. The number of hydrogen-bond donors (Lipinski definition) is 4. The van der Waals surface area contributed by atoms with Gasteiger partial charge < -0.3 is 31.2 Å². The van der Waals surface area contributed by atoms with Gasteiger partial charge in [-0.3, -0.25) is 15.2 Å². The van der Waals surface area contributed by atoms with Crippen LogP contribution in [0.25, 0.3) is 0 Å². The Hall–Kier alpha value is -4.65. The summed E-state index contributed by atoms with van der Waals surface area (Å²) in [4.78, 5) is 27.8. The van der Waals surface area contributed by atoms with Crippen molar-refractivity contribution >= 4 is 35.4 Å². The van der Waals surface area contributed by atoms with Gasteiger partial charge in [-0.2, -0.15) is 4.99 Å². The molecule has 1 atom stereocenters. The number of hydrogen-bond acceptors (Lipinski definition) is 8. The first-order chi connectivity index (χ1) is 19.7. The second kappa shape index (κ2) is 11.8. The first-order valence-corrected chi connectivity index (χ1v) is 13.1. The summed E-state index contributed by atoms with van der Waals surface area (Å²) in [7, 11) is 0. The zero-order valence-corrected chi connectivity index (χ0v) is 22.1. The third kappa shape index (κ3) is 6.57. The predicted molar refractivity (Wildman–Crippen MR) is 151 cm³/mol. The zero-order valence-electron chi connectivity index (χ0n) is 22.1. The molecule has 2 fully saturated rings. The van der Waals surface area contributed by atoms with Crippen molar-refractivity contribution in [2.24, 2.45) is 26.4 Å². The van der Waals surface area contributed by atoms with E-state index in [0.29, 0.717) is 43.3 Å². The molecule has 2 aromatic rings. The monoisotopic (exact) mass is 564 g/mol. The highest BCUT2D eigenvalue weighted by molar-refractivity contribution is 6.19. The molecule has 2 aromatic carbocycles. The second-order valence-electron chi connectivity index (χ2n) is 9.74. The highest BCUT2D eigenvalue weighted by Gasteiger charge is 2.45. The number of benzene rings is 2. The van der Waals surface area contributed by atoms with Crippen LogP contribution in [0.5, 0.6) is 0 Å². The first kappa shape index (κ1) is 27.9. The van der Waals surface area contributed by atoms with Gasteiger partial charge in [-0.1, -0.05) is 48.5 Å². The fourth-order valence-electron chi connectivity index (χ4n) is 4.59. The number of carbonyl (C=O) groups is 1. The van der Waals surface area contributed by atoms with Gasteiger partial charge in [0.25, 0.3) is 17.9 Å². The smallest absolute Gasteiger partial charge is 0.291 e. The van der Waals surface area contributed by atoms with Gasteiger partial charge in [0.1, 0.15) is 5.84 Å². The van der Waals surface area contributed by atoms with E-state index < -0.39 is 30.1 Å². The number of rotatable bonds is 6. The van der Waals surface area contributed by atoms with E-state index in [2.05, 4.69) is 20.3 Å². The predicted octanol–water partition coefficient (Wildman–Crippen LogP) is 2.48. The Labute approximate surface area is 235 Å². The Bertz CT molecular complexity index is 1430. The van der Waals surface area contributed by atoms with Gasteiger partial charge in [0.15, 0.2) is 0 Å². The average molecular weight is 565 g/mol. The number of benzodiazepines with no additional fused rings is 1. The zero-order chi connectivity index (χ0) is 29.0. The van der Waals surface area contributed by atoms with Crippen molar-refractivity contribution in [1.29, 1.82) is 5.41 Å². The summed E-state index contributed by atoms with van der Waals surface area (Å²) in [5.41, 5.74) is 14.9. The molecule has 1 unspecified atom stereocenters. The number of alkyl halides is 2. The van der Waals surface area contributed by atoms with Crippen LogP contribution < -0.4 is 16.8 Å². The van der Waals surface area contributed by atoms with Crippen LogP contribution in [0.15, 0.2) is 81.0 Å². The van der Waals surface area contributed by atoms with Gasteiger partial charge in [-0.25, -0.2) is 13.8 Å². The van der Waals surface area contributed by atoms with Gasteiger partial charge >= 0.3 is 0 Å². The summed E-state index contributed by atoms with van der Waals surface area (Å²) in [6, 6.07) is 15.5. The number of nitrogens with one attached hydrogen (secondary N) is 2. The van der Waals surface area contributed by atoms with Crippen LogP contribution >= 0.6 is 0 Å². The molecule has 0 aromatic heterocycles. The van der Waals surface area contributed by atoms with Gasteiger partial charge in [-0.15, -0.1) is 0 Å². The van der Waals surface area contributed by atoms with Crippen molar-refractivity contribution < 1.29 is 23.0 Å². The van der Waals surface area contributed by atoms with Crippen LogP contribution in [0.4, 0.5) is 14.5 Å². The fraction of sp³-hybridized carbons (Fsp3) is 0.321. The van der Waals surface area contributed by atoms with E-state index in [1.165, 1.54) is 6.21 Å². The lowest BCUT2D eigenvalue weighted by Crippen LogP contribution is -2.42. The molecule has 1 amide bonds. The summed E-state index contributed by atoms with van der Waals surface area (Å²) >= 11 is 0. The molecule has 6 N–H and O–H groups in total. The summed E-state index contributed by atoms with van der Waals surface area (Å²) in [5.74, 6) is -3.63. The van der Waals surface area contributed by atoms with Crippen LogP contribution in [0.3, 0.4) is 0 Å². The second-order valence-corrected chi connectivity index (χ2v) is 9.74. The number of nitrogens with zero attached hydrogens (tertiary/aromatic N) is 4. The van der Waals surface area contributed by atoms with E-state index >= 15 is 0 Å². The molecular formula is C28H30F2N8O3. The molecule has 0 radical (unpaired) electrons. The van der Waals surface area contributed by atoms with Crippen molar-refractivity contribution in [3.05, 3.63) is 77.2 Å². The number of amides is 1. The van der Waals surface area contributed by atoms with Crippen molar-refractivity contribution in [3.63, 3.8) is 0 Å². The maximum atomic E-state index is 13.3. The third-order valence-corrected chi connectivity index (χ3v) is 6.77. The Kier molecular flexibility index (Phi) is 8.06. The molecule has 1 saturated heterocycles. The van der Waals surface area contributed by atoms with Gasteiger partial charge in [0, 0.05) is 43.3 Å². The molecule has 11 nitrogen and oxygen atoms in total. The Balaban J connectivity index is 1.43. The fourth-order valence-corrected chi connectivity index (χ4v) is 4.59. The summed E-state index contributed by atoms with van der Waals surface area (Å²) in [5, 5.41) is 11.5. The average Bonchev–Trinajstić information content (AvgIpc) is 3.08. The number of fused-ring (bicyclic) bond motifs is 1. The van der Waals surface area contributed by atoms with Crippen molar-refractivity contribution in [3.8, 4) is 0 Å². The Morgan fingerprint density at radius 1 is 1.12 bits per heavy atom. The first-order valence-electron chi connectivity index (χ1n) is 13.1. The number of aliphatic imine (C=N–C) groups is 3. The number of nitrogens with two attached hydrogens (primary N) is 2. The maximum Gasteiger partial charge on any atom is 0.291 e.